The second-order valence-electron chi connectivity index (χ2n) is 6.00. The van der Waals surface area contributed by atoms with Crippen molar-refractivity contribution >= 4 is 11.6 Å². The van der Waals surface area contributed by atoms with Crippen molar-refractivity contribution in [1.82, 2.24) is 4.90 Å². The molecule has 1 fully saturated rings. The fraction of sp³-hybridized carbons (Fsp3) is 0.625. The topological polar surface area (TPSA) is 29.3 Å². The van der Waals surface area contributed by atoms with E-state index in [0.717, 1.165) is 18.8 Å². The lowest BCUT2D eigenvalue weighted by Crippen LogP contribution is -2.40. The molecule has 0 saturated heterocycles. The molecule has 2 N–H and O–H groups in total. The van der Waals surface area contributed by atoms with E-state index in [2.05, 4.69) is 18.9 Å². The van der Waals surface area contributed by atoms with Crippen LogP contribution in [0.15, 0.2) is 18.2 Å². The van der Waals surface area contributed by atoms with Crippen LogP contribution >= 0.6 is 11.6 Å². The highest BCUT2D eigenvalue weighted by Gasteiger charge is 2.28. The molecule has 0 aliphatic heterocycles. The molecule has 4 heteroatoms. The van der Waals surface area contributed by atoms with Crippen molar-refractivity contribution < 1.29 is 4.39 Å². The fourth-order valence-electron chi connectivity index (χ4n) is 3.19. The summed E-state index contributed by atoms with van der Waals surface area (Å²) in [6, 6.07) is 5.09. The van der Waals surface area contributed by atoms with Gasteiger partial charge in [0.2, 0.25) is 0 Å². The maximum absolute atomic E-state index is 14.1. The highest BCUT2D eigenvalue weighted by Crippen LogP contribution is 2.32. The van der Waals surface area contributed by atoms with E-state index >= 15 is 0 Å². The normalized spacial score (nSPS) is 24.9. The summed E-state index contributed by atoms with van der Waals surface area (Å²) in [5.74, 6) is 0.583. The van der Waals surface area contributed by atoms with Gasteiger partial charge in [0.05, 0.1) is 0 Å². The molecule has 1 aromatic rings. The molecule has 2 nitrogen and oxygen atoms in total. The van der Waals surface area contributed by atoms with Gasteiger partial charge in [-0.2, -0.15) is 0 Å². The second-order valence-corrected chi connectivity index (χ2v) is 6.43. The predicted octanol–water partition coefficient (Wildman–Crippen LogP) is 3.99. The maximum Gasteiger partial charge on any atom is 0.128 e. The quantitative estimate of drug-likeness (QED) is 0.911. The first-order valence-corrected chi connectivity index (χ1v) is 7.77. The zero-order valence-electron chi connectivity index (χ0n) is 12.3. The van der Waals surface area contributed by atoms with Gasteiger partial charge in [0.1, 0.15) is 5.82 Å². The molecule has 1 atom stereocenters. The van der Waals surface area contributed by atoms with Crippen LogP contribution in [0.5, 0.6) is 0 Å². The molecule has 20 heavy (non-hydrogen) atoms. The molecule has 2 rings (SSSR count). The monoisotopic (exact) mass is 298 g/mol. The van der Waals surface area contributed by atoms with E-state index < -0.39 is 0 Å². The number of halogens is 2. The van der Waals surface area contributed by atoms with E-state index in [0.29, 0.717) is 23.2 Å². The van der Waals surface area contributed by atoms with Gasteiger partial charge in [-0.25, -0.2) is 4.39 Å². The van der Waals surface area contributed by atoms with Crippen LogP contribution in [0.1, 0.15) is 44.2 Å². The standard InChI is InChI=1S/C16H24ClFN2/c1-11-3-6-13(7-4-11)20(2)16(10-19)14-9-12(17)5-8-15(14)18/h5,8-9,11,13,16H,3-4,6-7,10,19H2,1-2H3. The van der Waals surface area contributed by atoms with Crippen LogP contribution in [0.4, 0.5) is 4.39 Å². The Balaban J connectivity index is 2.16. The molecule has 0 bridgehead atoms. The molecule has 1 aliphatic carbocycles. The molecule has 0 radical (unpaired) electrons. The van der Waals surface area contributed by atoms with E-state index in [1.165, 1.54) is 18.9 Å². The largest absolute Gasteiger partial charge is 0.329 e. The fourth-order valence-corrected chi connectivity index (χ4v) is 3.37. The van der Waals surface area contributed by atoms with Crippen molar-refractivity contribution in [2.24, 2.45) is 11.7 Å². The van der Waals surface area contributed by atoms with Gasteiger partial charge < -0.3 is 5.73 Å². The predicted molar refractivity (Wildman–Crippen MR) is 82.4 cm³/mol. The third kappa shape index (κ3) is 3.51. The van der Waals surface area contributed by atoms with Gasteiger partial charge >= 0.3 is 0 Å². The van der Waals surface area contributed by atoms with Crippen LogP contribution in [0.2, 0.25) is 5.02 Å². The number of nitrogens with zero attached hydrogens (tertiary/aromatic N) is 1. The van der Waals surface area contributed by atoms with Crippen molar-refractivity contribution in [2.45, 2.75) is 44.7 Å². The summed E-state index contributed by atoms with van der Waals surface area (Å²) >= 11 is 6.00. The Labute approximate surface area is 126 Å². The highest BCUT2D eigenvalue weighted by molar-refractivity contribution is 6.30. The average molecular weight is 299 g/mol. The number of rotatable bonds is 4. The molecule has 1 aliphatic rings. The van der Waals surface area contributed by atoms with E-state index in [1.54, 1.807) is 12.1 Å². The Morgan fingerprint density at radius 2 is 2.00 bits per heavy atom. The maximum atomic E-state index is 14.1. The molecular formula is C16H24ClFN2. The zero-order valence-corrected chi connectivity index (χ0v) is 13.0. The third-order valence-electron chi connectivity index (χ3n) is 4.59. The number of hydrogen-bond acceptors (Lipinski definition) is 2. The molecule has 112 valence electrons. The van der Waals surface area contributed by atoms with Gasteiger partial charge in [-0.1, -0.05) is 18.5 Å². The van der Waals surface area contributed by atoms with Crippen LogP contribution < -0.4 is 5.73 Å². The number of nitrogens with two attached hydrogens (primary N) is 1. The Morgan fingerprint density at radius 3 is 2.60 bits per heavy atom. The SMILES string of the molecule is CC1CCC(N(C)C(CN)c2cc(Cl)ccc2F)CC1. The first kappa shape index (κ1) is 15.7. The summed E-state index contributed by atoms with van der Waals surface area (Å²) in [7, 11) is 2.05. The Hall–Kier alpha value is -0.640. The first-order chi connectivity index (χ1) is 9.52. The number of benzene rings is 1. The minimum Gasteiger partial charge on any atom is -0.329 e. The summed E-state index contributed by atoms with van der Waals surface area (Å²) in [5.41, 5.74) is 6.52. The molecule has 1 unspecified atom stereocenters. The van der Waals surface area contributed by atoms with Gasteiger partial charge in [-0.05, 0) is 56.8 Å². The minimum absolute atomic E-state index is 0.105. The Bertz CT molecular complexity index is 444. The van der Waals surface area contributed by atoms with Crippen molar-refractivity contribution in [1.29, 1.82) is 0 Å². The summed E-state index contributed by atoms with van der Waals surface area (Å²) in [6.45, 7) is 2.70. The van der Waals surface area contributed by atoms with Crippen molar-refractivity contribution in [3.05, 3.63) is 34.6 Å². The average Bonchev–Trinajstić information content (AvgIpc) is 2.44. The van der Waals surface area contributed by atoms with E-state index in [-0.39, 0.29) is 11.9 Å². The van der Waals surface area contributed by atoms with Gasteiger partial charge in [0.15, 0.2) is 0 Å². The summed E-state index contributed by atoms with van der Waals surface area (Å²) < 4.78 is 14.1. The lowest BCUT2D eigenvalue weighted by Gasteiger charge is -2.38. The van der Waals surface area contributed by atoms with Gasteiger partial charge in [-0.15, -0.1) is 0 Å². The summed E-state index contributed by atoms with van der Waals surface area (Å²) in [4.78, 5) is 2.24. The van der Waals surface area contributed by atoms with Crippen LogP contribution in [-0.2, 0) is 0 Å². The third-order valence-corrected chi connectivity index (χ3v) is 4.83. The lowest BCUT2D eigenvalue weighted by molar-refractivity contribution is 0.124. The molecule has 0 heterocycles. The molecule has 1 saturated carbocycles. The summed E-state index contributed by atoms with van der Waals surface area (Å²) in [5, 5.41) is 0.561. The smallest absolute Gasteiger partial charge is 0.128 e. The van der Waals surface area contributed by atoms with Crippen LogP contribution in [0.3, 0.4) is 0 Å². The number of likely N-dealkylation sites (N-methyl/N-ethyl adjacent to an activating group) is 1. The van der Waals surface area contributed by atoms with Crippen molar-refractivity contribution in [3.8, 4) is 0 Å². The molecule has 0 aromatic heterocycles. The minimum atomic E-state index is -0.221. The Morgan fingerprint density at radius 1 is 1.35 bits per heavy atom. The van der Waals surface area contributed by atoms with Crippen molar-refractivity contribution in [2.75, 3.05) is 13.6 Å². The van der Waals surface area contributed by atoms with Crippen LogP contribution in [-0.4, -0.2) is 24.5 Å². The first-order valence-electron chi connectivity index (χ1n) is 7.40. The van der Waals surface area contributed by atoms with E-state index in [1.807, 2.05) is 0 Å². The van der Waals surface area contributed by atoms with Crippen molar-refractivity contribution in [3.63, 3.8) is 0 Å². The van der Waals surface area contributed by atoms with Gasteiger partial charge in [0, 0.05) is 29.2 Å². The van der Waals surface area contributed by atoms with Gasteiger partial charge in [0.25, 0.3) is 0 Å². The second kappa shape index (κ2) is 6.88. The Kier molecular flexibility index (Phi) is 5.42. The van der Waals surface area contributed by atoms with E-state index in [4.69, 9.17) is 17.3 Å². The lowest BCUT2D eigenvalue weighted by atomic mass is 9.86. The molecular weight excluding hydrogens is 275 g/mol. The van der Waals surface area contributed by atoms with Crippen LogP contribution in [0, 0.1) is 11.7 Å². The number of hydrogen-bond donors (Lipinski definition) is 1. The molecule has 0 spiro atoms. The molecule has 1 aromatic carbocycles. The van der Waals surface area contributed by atoms with E-state index in [9.17, 15) is 4.39 Å². The zero-order chi connectivity index (χ0) is 14.7. The highest BCUT2D eigenvalue weighted by atomic mass is 35.5. The molecule has 0 amide bonds. The summed E-state index contributed by atoms with van der Waals surface area (Å²) in [6.07, 6.45) is 4.81. The van der Waals surface area contributed by atoms with Gasteiger partial charge in [-0.3, -0.25) is 4.90 Å². The van der Waals surface area contributed by atoms with Crippen LogP contribution in [0.25, 0.3) is 0 Å².